The fourth-order valence-electron chi connectivity index (χ4n) is 3.97. The van der Waals surface area contributed by atoms with Gasteiger partial charge in [-0.1, -0.05) is 67.4 Å². The summed E-state index contributed by atoms with van der Waals surface area (Å²) in [6.07, 6.45) is 0.739. The Bertz CT molecular complexity index is 963. The average molecular weight is 441 g/mol. The Morgan fingerprint density at radius 3 is 2.23 bits per heavy atom. The molecule has 164 valence electrons. The maximum absolute atomic E-state index is 13.0. The van der Waals surface area contributed by atoms with Crippen molar-refractivity contribution in [3.63, 3.8) is 0 Å². The molecule has 0 bridgehead atoms. The first kappa shape index (κ1) is 23.0. The molecular formula is C25H29ClN2O3. The first-order chi connectivity index (χ1) is 14.9. The van der Waals surface area contributed by atoms with E-state index in [1.807, 2.05) is 19.1 Å². The molecule has 6 heteroatoms. The van der Waals surface area contributed by atoms with E-state index in [2.05, 4.69) is 18.7 Å². The fourth-order valence-corrected chi connectivity index (χ4v) is 4.10. The van der Waals surface area contributed by atoms with Gasteiger partial charge in [-0.2, -0.15) is 0 Å². The zero-order valence-electron chi connectivity index (χ0n) is 18.3. The number of ketones is 1. The summed E-state index contributed by atoms with van der Waals surface area (Å²) in [7, 11) is 0. The topological polar surface area (TPSA) is 60.9 Å². The molecule has 0 aliphatic carbocycles. The number of carbonyl (C=O) groups is 2. The van der Waals surface area contributed by atoms with Gasteiger partial charge in [-0.05, 0) is 50.7 Å². The van der Waals surface area contributed by atoms with Gasteiger partial charge in [0.2, 0.25) is 0 Å². The molecule has 2 aromatic rings. The number of rotatable bonds is 8. The Hall–Kier alpha value is -2.63. The Balaban J connectivity index is 2.01. The number of likely N-dealkylation sites (tertiary alicyclic amines) is 1. The summed E-state index contributed by atoms with van der Waals surface area (Å²) in [4.78, 5) is 29.8. The van der Waals surface area contributed by atoms with Gasteiger partial charge in [-0.25, -0.2) is 0 Å². The smallest absolute Gasteiger partial charge is 0.295 e. The van der Waals surface area contributed by atoms with Gasteiger partial charge in [0.15, 0.2) is 0 Å². The van der Waals surface area contributed by atoms with Gasteiger partial charge in [0, 0.05) is 17.1 Å². The minimum Gasteiger partial charge on any atom is -0.507 e. The number of aryl methyl sites for hydroxylation is 1. The largest absolute Gasteiger partial charge is 0.507 e. The van der Waals surface area contributed by atoms with E-state index in [1.165, 1.54) is 0 Å². The summed E-state index contributed by atoms with van der Waals surface area (Å²) in [5.74, 6) is -1.38. The molecule has 1 heterocycles. The maximum Gasteiger partial charge on any atom is 0.295 e. The summed E-state index contributed by atoms with van der Waals surface area (Å²) in [6.45, 7) is 9.29. The zero-order valence-corrected chi connectivity index (χ0v) is 19.0. The van der Waals surface area contributed by atoms with Crippen LogP contribution >= 0.6 is 11.6 Å². The monoisotopic (exact) mass is 440 g/mol. The fraction of sp³-hybridized carbons (Fsp3) is 0.360. The van der Waals surface area contributed by atoms with Crippen LogP contribution in [0.2, 0.25) is 5.02 Å². The van der Waals surface area contributed by atoms with E-state index in [4.69, 9.17) is 11.6 Å². The van der Waals surface area contributed by atoms with Gasteiger partial charge >= 0.3 is 0 Å². The molecule has 1 amide bonds. The Labute approximate surface area is 188 Å². The van der Waals surface area contributed by atoms with Crippen LogP contribution in [0.3, 0.4) is 0 Å². The molecule has 0 radical (unpaired) electrons. The number of carbonyl (C=O) groups excluding carboxylic acids is 2. The lowest BCUT2D eigenvalue weighted by molar-refractivity contribution is -0.140. The molecule has 3 rings (SSSR count). The highest BCUT2D eigenvalue weighted by Gasteiger charge is 2.45. The van der Waals surface area contributed by atoms with E-state index >= 15 is 0 Å². The summed E-state index contributed by atoms with van der Waals surface area (Å²) < 4.78 is 0. The molecule has 1 unspecified atom stereocenters. The highest BCUT2D eigenvalue weighted by atomic mass is 35.5. The van der Waals surface area contributed by atoms with E-state index in [9.17, 15) is 14.7 Å². The first-order valence-corrected chi connectivity index (χ1v) is 11.1. The van der Waals surface area contributed by atoms with Crippen LogP contribution in [0.1, 0.15) is 43.0 Å². The first-order valence-electron chi connectivity index (χ1n) is 10.7. The molecule has 31 heavy (non-hydrogen) atoms. The van der Waals surface area contributed by atoms with Crippen LogP contribution in [0.5, 0.6) is 0 Å². The number of Topliss-reactive ketones (excluding diaryl/α,β-unsaturated/α-hetero) is 1. The maximum atomic E-state index is 13.0. The molecular weight excluding hydrogens is 412 g/mol. The second kappa shape index (κ2) is 10.1. The molecule has 5 nitrogen and oxygen atoms in total. The van der Waals surface area contributed by atoms with Crippen LogP contribution in [-0.2, 0) is 9.59 Å². The molecule has 1 atom stereocenters. The van der Waals surface area contributed by atoms with E-state index in [1.54, 1.807) is 41.3 Å². The van der Waals surface area contributed by atoms with E-state index in [0.29, 0.717) is 17.1 Å². The van der Waals surface area contributed by atoms with Crippen molar-refractivity contribution in [2.45, 2.75) is 33.2 Å². The van der Waals surface area contributed by atoms with Crippen molar-refractivity contribution >= 4 is 29.1 Å². The number of nitrogens with zero attached hydrogens (tertiary/aromatic N) is 2. The minimum absolute atomic E-state index is 0.124. The number of hydrogen-bond acceptors (Lipinski definition) is 4. The predicted molar refractivity (Wildman–Crippen MR) is 124 cm³/mol. The Kier molecular flexibility index (Phi) is 7.52. The lowest BCUT2D eigenvalue weighted by atomic mass is 9.95. The third-order valence-electron chi connectivity index (χ3n) is 5.82. The van der Waals surface area contributed by atoms with Crippen LogP contribution < -0.4 is 0 Å². The number of aliphatic hydroxyl groups excluding tert-OH is 1. The van der Waals surface area contributed by atoms with Gasteiger partial charge in [0.1, 0.15) is 5.76 Å². The highest BCUT2D eigenvalue weighted by Crippen LogP contribution is 2.39. The van der Waals surface area contributed by atoms with Crippen LogP contribution in [0, 0.1) is 6.92 Å². The lowest BCUT2D eigenvalue weighted by Crippen LogP contribution is -2.33. The standard InChI is InChI=1S/C25H29ClN2O3/c1-4-27(5-2)15-6-16-28-22(18-11-13-20(26)14-12-18)21(24(30)25(28)31)23(29)19-9-7-17(3)8-10-19/h7-14,22,29H,4-6,15-16H2,1-3H3. The predicted octanol–water partition coefficient (Wildman–Crippen LogP) is 4.80. The molecule has 1 saturated heterocycles. The van der Waals surface area contributed by atoms with Gasteiger partial charge < -0.3 is 14.9 Å². The summed E-state index contributed by atoms with van der Waals surface area (Å²) >= 11 is 6.06. The van der Waals surface area contributed by atoms with Gasteiger partial charge in [-0.15, -0.1) is 0 Å². The van der Waals surface area contributed by atoms with Crippen molar-refractivity contribution in [1.29, 1.82) is 0 Å². The second-order valence-electron chi connectivity index (χ2n) is 7.79. The third kappa shape index (κ3) is 5.00. The van der Waals surface area contributed by atoms with E-state index in [-0.39, 0.29) is 11.3 Å². The second-order valence-corrected chi connectivity index (χ2v) is 8.23. The van der Waals surface area contributed by atoms with Crippen LogP contribution in [-0.4, -0.2) is 52.8 Å². The third-order valence-corrected chi connectivity index (χ3v) is 6.07. The molecule has 1 fully saturated rings. The summed E-state index contributed by atoms with van der Waals surface area (Å²) in [5, 5.41) is 11.6. The Morgan fingerprint density at radius 1 is 1.03 bits per heavy atom. The van der Waals surface area contributed by atoms with Crippen molar-refractivity contribution in [2.75, 3.05) is 26.2 Å². The van der Waals surface area contributed by atoms with Crippen molar-refractivity contribution < 1.29 is 14.7 Å². The molecule has 1 aliphatic rings. The van der Waals surface area contributed by atoms with E-state index < -0.39 is 17.7 Å². The van der Waals surface area contributed by atoms with Crippen LogP contribution in [0.4, 0.5) is 0 Å². The minimum atomic E-state index is -0.652. The lowest BCUT2D eigenvalue weighted by Gasteiger charge is -2.26. The molecule has 0 spiro atoms. The van der Waals surface area contributed by atoms with Gasteiger partial charge in [-0.3, -0.25) is 9.59 Å². The number of aliphatic hydroxyl groups is 1. The van der Waals surface area contributed by atoms with Crippen molar-refractivity contribution in [3.8, 4) is 0 Å². The van der Waals surface area contributed by atoms with Crippen LogP contribution in [0.25, 0.3) is 5.76 Å². The van der Waals surface area contributed by atoms with Gasteiger partial charge in [0.05, 0.1) is 11.6 Å². The molecule has 2 aromatic carbocycles. The SMILES string of the molecule is CCN(CC)CCCN1C(=O)C(=O)C(=C(O)c2ccc(C)cc2)C1c1ccc(Cl)cc1. The van der Waals surface area contributed by atoms with Crippen molar-refractivity contribution in [1.82, 2.24) is 9.80 Å². The normalized spacial score (nSPS) is 18.2. The molecule has 1 N–H and O–H groups in total. The highest BCUT2D eigenvalue weighted by molar-refractivity contribution is 6.46. The van der Waals surface area contributed by atoms with E-state index in [0.717, 1.165) is 37.2 Å². The summed E-state index contributed by atoms with van der Waals surface area (Å²) in [5.41, 5.74) is 2.44. The number of halogens is 1. The Morgan fingerprint density at radius 2 is 1.65 bits per heavy atom. The molecule has 0 saturated carbocycles. The molecule has 0 aromatic heterocycles. The van der Waals surface area contributed by atoms with Crippen molar-refractivity contribution in [3.05, 3.63) is 75.8 Å². The van der Waals surface area contributed by atoms with Crippen molar-refractivity contribution in [2.24, 2.45) is 0 Å². The van der Waals surface area contributed by atoms with Gasteiger partial charge in [0.25, 0.3) is 11.7 Å². The zero-order chi connectivity index (χ0) is 22.5. The average Bonchev–Trinajstić information content (AvgIpc) is 3.02. The quantitative estimate of drug-likeness (QED) is 0.364. The number of amides is 1. The molecule has 1 aliphatic heterocycles. The number of hydrogen-bond donors (Lipinski definition) is 1. The number of benzene rings is 2. The van der Waals surface area contributed by atoms with Crippen LogP contribution in [0.15, 0.2) is 54.1 Å². The summed E-state index contributed by atoms with van der Waals surface area (Å²) in [6, 6.07) is 13.7.